The number of carbonyl (C=O) groups excluding carboxylic acids is 11. The number of alkyl halides is 6. The number of anilines is 3. The van der Waals surface area contributed by atoms with Crippen LogP contribution < -0.4 is 35.7 Å². The number of ether oxygens (including phenoxy) is 11. The van der Waals surface area contributed by atoms with E-state index < -0.39 is 76.0 Å². The Hall–Kier alpha value is -7.94. The standard InChI is InChI=1S/C26H26N2O10.C24H28N2O8.C4H8O.C3Cl6O3/c29-17-27-19-5-3-8-23(11-19)35-14-22(32)15-37-25(33)10-2-1-7-21(31)13-38-26(34)16-36-24-9-4-6-20(12-24)28-18-30;25-17-5-3-8-21(11-17)31-14-20(28)15-33-23(29)10-2-1-7-19(27)13-34-24(30)16-32-22-9-4-6-18(26)12-22;1-2-4-5-3-1;4-2(5,6)11-1(10)12-3(7,8)9/h3-6,8-9,11-12,18H,1-2,7,10,13-16H2,(H,28,30);3-6,8-9,11-12H,1-2,7,10,13-16,25-26H2;1-4H2;. The number of unbranched alkanes of at least 4 members (excludes halogenated alkanes) is 2. The Balaban J connectivity index is 0.000000481. The number of nitrogens with zero attached hydrogens (tertiary/aromatic N) is 1. The quantitative estimate of drug-likeness (QED) is 0.00584. The predicted molar refractivity (Wildman–Crippen MR) is 323 cm³/mol. The summed E-state index contributed by atoms with van der Waals surface area (Å²) >= 11 is 30.2. The van der Waals surface area contributed by atoms with Crippen LogP contribution in [-0.4, -0.2) is 140 Å². The van der Waals surface area contributed by atoms with Gasteiger partial charge in [-0.25, -0.2) is 19.2 Å². The Bertz CT molecular complexity index is 2870. The lowest BCUT2D eigenvalue weighted by atomic mass is 10.1. The number of hydrogen-bond donors (Lipinski definition) is 3. The van der Waals surface area contributed by atoms with E-state index >= 15 is 0 Å². The summed E-state index contributed by atoms with van der Waals surface area (Å²) in [6, 6.07) is 25.8. The Kier molecular flexibility index (Phi) is 38.6. The van der Waals surface area contributed by atoms with Gasteiger partial charge in [-0.1, -0.05) is 24.3 Å². The maximum Gasteiger partial charge on any atom is 0.515 e. The molecule has 26 nitrogen and oxygen atoms in total. The number of nitrogens with two attached hydrogens (primary N) is 2. The number of rotatable bonds is 33. The van der Waals surface area contributed by atoms with Crippen molar-refractivity contribution in [1.29, 1.82) is 0 Å². The monoisotopic (exact) mass is 1360 g/mol. The molecular weight excluding hydrogens is 1310 g/mol. The number of amides is 1. The van der Waals surface area contributed by atoms with Gasteiger partial charge in [-0.15, -0.1) is 0 Å². The van der Waals surface area contributed by atoms with Gasteiger partial charge in [0.15, 0.2) is 38.0 Å². The molecule has 0 bridgehead atoms. The van der Waals surface area contributed by atoms with Gasteiger partial charge in [-0.3, -0.25) is 33.6 Å². The van der Waals surface area contributed by atoms with Crippen LogP contribution in [0.25, 0.3) is 0 Å². The number of aliphatic imine (C=N–C) groups is 1. The first-order valence-corrected chi connectivity index (χ1v) is 28.6. The zero-order valence-electron chi connectivity index (χ0n) is 47.3. The van der Waals surface area contributed by atoms with Crippen molar-refractivity contribution in [3.63, 3.8) is 0 Å². The number of esters is 4. The van der Waals surface area contributed by atoms with E-state index in [1.54, 1.807) is 84.9 Å². The van der Waals surface area contributed by atoms with E-state index in [4.69, 9.17) is 124 Å². The van der Waals surface area contributed by atoms with Gasteiger partial charge >= 0.3 is 38.0 Å². The number of isocyanates is 1. The van der Waals surface area contributed by atoms with E-state index in [1.807, 2.05) is 0 Å². The second-order valence-corrected chi connectivity index (χ2v) is 22.0. The Morgan fingerprint density at radius 1 is 0.494 bits per heavy atom. The molecule has 1 aliphatic rings. The van der Waals surface area contributed by atoms with Crippen molar-refractivity contribution in [2.45, 2.75) is 72.2 Å². The average molecular weight is 1370 g/mol. The number of nitrogens with one attached hydrogen (secondary N) is 1. The summed E-state index contributed by atoms with van der Waals surface area (Å²) in [7, 11) is 0. The summed E-state index contributed by atoms with van der Waals surface area (Å²) in [5, 5.41) is 2.45. The largest absolute Gasteiger partial charge is 0.515 e. The normalized spacial score (nSPS) is 11.2. The third-order valence-electron chi connectivity index (χ3n) is 10.3. The highest BCUT2D eigenvalue weighted by molar-refractivity contribution is 6.67. The van der Waals surface area contributed by atoms with Crippen LogP contribution in [0.4, 0.5) is 27.5 Å². The molecule has 4 aromatic carbocycles. The molecule has 0 aromatic heterocycles. The highest BCUT2D eigenvalue weighted by Crippen LogP contribution is 2.32. The third-order valence-corrected chi connectivity index (χ3v) is 10.7. The van der Waals surface area contributed by atoms with E-state index in [0.29, 0.717) is 77.8 Å². The highest BCUT2D eigenvalue weighted by atomic mass is 35.6. The summed E-state index contributed by atoms with van der Waals surface area (Å²) in [6.07, 6.45) is 4.90. The maximum absolute atomic E-state index is 11.9. The Morgan fingerprint density at radius 2 is 0.876 bits per heavy atom. The SMILES string of the molecule is C1CCOC1.Nc1cccc(OCC(=O)COC(=O)CCCCC(=O)COC(=O)COc2cccc(N)c2)c1.O=C(OC(Cl)(Cl)Cl)OC(Cl)(Cl)Cl.O=C=Nc1cccc(OCC(=O)COC(=O)CCCCC(=O)COC(=O)COc2cccc(NC=O)c2)c1. The topological polar surface area (TPSA) is 366 Å². The number of hydrogen-bond acceptors (Lipinski definition) is 25. The number of Topliss-reactive ketones (excluding diaryl/α,β-unsaturated/α-hetero) is 4. The van der Waals surface area contributed by atoms with Crippen LogP contribution in [0.3, 0.4) is 0 Å². The van der Waals surface area contributed by atoms with Gasteiger partial charge in [-0.2, -0.15) is 4.99 Å². The molecule has 5 rings (SSSR count). The second-order valence-electron chi connectivity index (χ2n) is 17.7. The molecule has 4 aromatic rings. The third kappa shape index (κ3) is 42.6. The molecule has 89 heavy (non-hydrogen) atoms. The van der Waals surface area contributed by atoms with Gasteiger partial charge in [0.25, 0.3) is 0 Å². The molecule has 484 valence electrons. The van der Waals surface area contributed by atoms with Crippen LogP contribution in [0.5, 0.6) is 23.0 Å². The van der Waals surface area contributed by atoms with Crippen molar-refractivity contribution in [3.05, 3.63) is 97.1 Å². The van der Waals surface area contributed by atoms with Crippen molar-refractivity contribution in [2.24, 2.45) is 4.99 Å². The first-order valence-electron chi connectivity index (χ1n) is 26.3. The first-order chi connectivity index (χ1) is 42.3. The minimum Gasteiger partial charge on any atom is -0.486 e. The van der Waals surface area contributed by atoms with Crippen molar-refractivity contribution in [2.75, 3.05) is 82.9 Å². The van der Waals surface area contributed by atoms with Gasteiger partial charge in [0.1, 0.15) is 49.4 Å². The molecule has 1 aliphatic heterocycles. The van der Waals surface area contributed by atoms with Gasteiger partial charge in [-0.05, 0) is 157 Å². The maximum atomic E-state index is 11.9. The van der Waals surface area contributed by atoms with E-state index in [0.717, 1.165) is 13.2 Å². The second kappa shape index (κ2) is 44.5. The molecule has 1 saturated heterocycles. The van der Waals surface area contributed by atoms with E-state index in [2.05, 4.69) is 19.8 Å². The zero-order valence-corrected chi connectivity index (χ0v) is 51.8. The number of halogens is 6. The molecule has 32 heteroatoms. The molecular formula is C57H62Cl6N4O22. The molecule has 1 heterocycles. The lowest BCUT2D eigenvalue weighted by Gasteiger charge is -2.15. The minimum atomic E-state index is -2.24. The fourth-order valence-corrected chi connectivity index (χ4v) is 6.64. The summed E-state index contributed by atoms with van der Waals surface area (Å²) in [6.45, 7) is -0.963. The smallest absolute Gasteiger partial charge is 0.486 e. The van der Waals surface area contributed by atoms with E-state index in [1.165, 1.54) is 31.1 Å². The molecule has 0 unspecified atom stereocenters. The van der Waals surface area contributed by atoms with Crippen LogP contribution in [0, 0.1) is 0 Å². The molecule has 0 saturated carbocycles. The lowest BCUT2D eigenvalue weighted by molar-refractivity contribution is -0.150. The fourth-order valence-electron chi connectivity index (χ4n) is 6.26. The van der Waals surface area contributed by atoms with Gasteiger partial charge in [0.05, 0.1) is 5.69 Å². The minimum absolute atomic E-state index is 0.0127. The zero-order chi connectivity index (χ0) is 65.9. The Labute approximate surface area is 540 Å². The van der Waals surface area contributed by atoms with Crippen molar-refractivity contribution in [3.8, 4) is 23.0 Å². The summed E-state index contributed by atoms with van der Waals surface area (Å²) in [5.74, 6) is -2.47. The average Bonchev–Trinajstić information content (AvgIpc) is 4.20. The van der Waals surface area contributed by atoms with Crippen LogP contribution in [0.15, 0.2) is 102 Å². The van der Waals surface area contributed by atoms with Crippen molar-refractivity contribution >= 4 is 158 Å². The molecule has 0 spiro atoms. The summed E-state index contributed by atoms with van der Waals surface area (Å²) in [4.78, 5) is 129. The van der Waals surface area contributed by atoms with E-state index in [-0.39, 0.29) is 63.7 Å². The van der Waals surface area contributed by atoms with Crippen LogP contribution in [-0.2, 0) is 81.1 Å². The molecule has 1 amide bonds. The number of benzene rings is 4. The summed E-state index contributed by atoms with van der Waals surface area (Å²) in [5.41, 5.74) is 13.1. The predicted octanol–water partition coefficient (Wildman–Crippen LogP) is 9.15. The Morgan fingerprint density at radius 3 is 1.28 bits per heavy atom. The van der Waals surface area contributed by atoms with Crippen molar-refractivity contribution < 1.29 is 105 Å². The van der Waals surface area contributed by atoms with Crippen LogP contribution in [0.2, 0.25) is 0 Å². The van der Waals surface area contributed by atoms with Gasteiger partial charge < -0.3 is 68.9 Å². The fraction of sp³-hybridized carbons (Fsp3) is 0.386. The van der Waals surface area contributed by atoms with Gasteiger partial charge in [0.2, 0.25) is 24.1 Å². The molecule has 0 atom stereocenters. The highest BCUT2D eigenvalue weighted by Gasteiger charge is 2.32. The van der Waals surface area contributed by atoms with Gasteiger partial charge in [0, 0.05) is 80.2 Å². The molecule has 0 aliphatic carbocycles. The molecule has 0 radical (unpaired) electrons. The molecule has 5 N–H and O–H groups in total. The number of carbonyl (C=O) groups is 10. The first kappa shape index (κ1) is 77.2. The van der Waals surface area contributed by atoms with E-state index in [9.17, 15) is 52.7 Å². The van der Waals surface area contributed by atoms with Crippen molar-refractivity contribution in [1.82, 2.24) is 0 Å². The summed E-state index contributed by atoms with van der Waals surface area (Å²) < 4.78 is 49.0. The number of nitrogen functional groups attached to an aromatic ring is 2. The lowest BCUT2D eigenvalue weighted by Crippen LogP contribution is -2.22. The van der Waals surface area contributed by atoms with Crippen LogP contribution in [0.1, 0.15) is 64.2 Å². The van der Waals surface area contributed by atoms with Crippen LogP contribution >= 0.6 is 69.6 Å². The number of ketones is 4. The molecule has 1 fully saturated rings.